The van der Waals surface area contributed by atoms with Crippen molar-refractivity contribution in [3.63, 3.8) is 0 Å². The first-order valence-electron chi connectivity index (χ1n) is 15.0. The van der Waals surface area contributed by atoms with E-state index in [1.165, 1.54) is 16.7 Å². The number of hydrogen-bond donors (Lipinski definition) is 2. The molecule has 3 aromatic rings. The van der Waals surface area contributed by atoms with Crippen LogP contribution in [0.25, 0.3) is 5.57 Å². The maximum atomic E-state index is 12.5. The molecule has 0 aliphatic carbocycles. The third-order valence-corrected chi connectivity index (χ3v) is 9.56. The fourth-order valence-electron chi connectivity index (χ4n) is 5.34. The van der Waals surface area contributed by atoms with E-state index in [1.54, 1.807) is 23.9 Å². The summed E-state index contributed by atoms with van der Waals surface area (Å²) in [7, 11) is -2.22. The lowest BCUT2D eigenvalue weighted by molar-refractivity contribution is -0.141. The molecular weight excluding hydrogens is 625 g/mol. The summed E-state index contributed by atoms with van der Waals surface area (Å²) in [5.74, 6) is -1.16. The number of hydrogen-bond acceptors (Lipinski definition) is 8. The zero-order valence-corrected chi connectivity index (χ0v) is 27.4. The van der Waals surface area contributed by atoms with Gasteiger partial charge in [0.15, 0.2) is 0 Å². The van der Waals surface area contributed by atoms with Crippen molar-refractivity contribution in [2.24, 2.45) is 0 Å². The van der Waals surface area contributed by atoms with Gasteiger partial charge in [0.25, 0.3) is 11.8 Å². The van der Waals surface area contributed by atoms with Crippen molar-refractivity contribution in [1.29, 1.82) is 0 Å². The Kier molecular flexibility index (Phi) is 10.8. The number of nitrogens with zero attached hydrogens (tertiary/aromatic N) is 2. The van der Waals surface area contributed by atoms with Gasteiger partial charge in [-0.25, -0.2) is 4.57 Å². The van der Waals surface area contributed by atoms with Gasteiger partial charge in [-0.15, -0.1) is 0 Å². The summed E-state index contributed by atoms with van der Waals surface area (Å²) in [5.41, 5.74) is 5.81. The summed E-state index contributed by atoms with van der Waals surface area (Å²) in [6, 6.07) is 23.7. The summed E-state index contributed by atoms with van der Waals surface area (Å²) < 4.78 is 22.9. The molecule has 5 rings (SSSR count). The van der Waals surface area contributed by atoms with Crippen LogP contribution < -0.4 is 14.7 Å². The molecule has 46 heavy (non-hydrogen) atoms. The minimum atomic E-state index is -4.30. The SMILES string of the molecule is CC(Sc1ccc(OP(=O)(O)OCCCCCCNC(=O)CN2C(=O)C=CC2=O)cc1)=C1c2ccccc2N(C)c2ccccc21. The highest BCUT2D eigenvalue weighted by atomic mass is 32.2. The van der Waals surface area contributed by atoms with E-state index in [4.69, 9.17) is 9.05 Å². The number of thioether (sulfide) groups is 1. The van der Waals surface area contributed by atoms with E-state index in [0.29, 0.717) is 19.4 Å². The molecule has 0 aromatic heterocycles. The normalized spacial score (nSPS) is 15.0. The van der Waals surface area contributed by atoms with Gasteiger partial charge in [0.1, 0.15) is 12.3 Å². The molecule has 2 aliphatic heterocycles. The molecule has 12 heteroatoms. The van der Waals surface area contributed by atoms with E-state index in [2.05, 4.69) is 48.5 Å². The Balaban J connectivity index is 1.05. The summed E-state index contributed by atoms with van der Waals surface area (Å²) in [4.78, 5) is 50.3. The molecule has 0 saturated heterocycles. The number of carbonyl (C=O) groups excluding carboxylic acids is 3. The number of phosphoric acid groups is 1. The molecule has 0 fully saturated rings. The lowest BCUT2D eigenvalue weighted by atomic mass is 9.90. The Hall–Kier alpha value is -4.15. The van der Waals surface area contributed by atoms with Gasteiger partial charge in [-0.05, 0) is 61.1 Å². The van der Waals surface area contributed by atoms with Gasteiger partial charge in [-0.2, -0.15) is 0 Å². The number of phosphoric ester groups is 1. The maximum absolute atomic E-state index is 12.5. The highest BCUT2D eigenvalue weighted by Gasteiger charge is 2.27. The monoisotopic (exact) mass is 661 g/mol. The minimum absolute atomic E-state index is 0.0468. The molecule has 2 N–H and O–H groups in total. The average molecular weight is 662 g/mol. The van der Waals surface area contributed by atoms with Crippen LogP contribution in [0.2, 0.25) is 0 Å². The van der Waals surface area contributed by atoms with Gasteiger partial charge in [-0.1, -0.05) is 61.0 Å². The van der Waals surface area contributed by atoms with Crippen molar-refractivity contribution >= 4 is 54.3 Å². The third kappa shape index (κ3) is 8.16. The molecule has 3 amide bonds. The Morgan fingerprint density at radius 1 is 0.870 bits per heavy atom. The number of nitrogens with one attached hydrogen (secondary N) is 1. The Labute approximate surface area is 272 Å². The second kappa shape index (κ2) is 15.0. The van der Waals surface area contributed by atoms with Gasteiger partial charge < -0.3 is 14.7 Å². The average Bonchev–Trinajstić information content (AvgIpc) is 3.35. The van der Waals surface area contributed by atoms with E-state index in [9.17, 15) is 23.8 Å². The molecule has 240 valence electrons. The van der Waals surface area contributed by atoms with Crippen LogP contribution in [0.3, 0.4) is 0 Å². The van der Waals surface area contributed by atoms with Crippen LogP contribution in [0.1, 0.15) is 43.7 Å². The number of fused-ring (bicyclic) bond motifs is 2. The van der Waals surface area contributed by atoms with Crippen LogP contribution in [-0.2, 0) is 23.5 Å². The molecule has 0 radical (unpaired) electrons. The maximum Gasteiger partial charge on any atom is 0.527 e. The van der Waals surface area contributed by atoms with Gasteiger partial charge in [0, 0.05) is 58.7 Å². The summed E-state index contributed by atoms with van der Waals surface area (Å²) in [6.45, 7) is 2.25. The van der Waals surface area contributed by atoms with Crippen molar-refractivity contribution in [3.8, 4) is 5.75 Å². The molecular formula is C34H36N3O7PS. The number of amides is 3. The number of para-hydroxylation sites is 2. The number of rotatable bonds is 14. The lowest BCUT2D eigenvalue weighted by Gasteiger charge is -2.32. The van der Waals surface area contributed by atoms with Gasteiger partial charge in [0.05, 0.1) is 6.61 Å². The van der Waals surface area contributed by atoms with E-state index < -0.39 is 25.5 Å². The summed E-state index contributed by atoms with van der Waals surface area (Å²) in [6.07, 6.45) is 4.96. The van der Waals surface area contributed by atoms with Crippen LogP contribution in [0.5, 0.6) is 5.75 Å². The second-order valence-electron chi connectivity index (χ2n) is 10.9. The standard InChI is InChI=1S/C34H36N3O7PS/c1-24(34-27-11-5-7-13-29(27)36(2)30-14-8-6-12-28(30)34)46-26-17-15-25(16-18-26)44-45(41,42)43-22-10-4-3-9-21-35-31(38)23-37-32(39)19-20-33(37)40/h5-8,11-20H,3-4,9-10,21-23H2,1-2H3,(H,35,38)(H,41,42). The summed E-state index contributed by atoms with van der Waals surface area (Å²) >= 11 is 1.63. The highest BCUT2D eigenvalue weighted by molar-refractivity contribution is 8.03. The Bertz CT molecular complexity index is 1660. The van der Waals surface area contributed by atoms with Crippen molar-refractivity contribution in [1.82, 2.24) is 10.2 Å². The number of anilines is 2. The first-order chi connectivity index (χ1) is 22.1. The fraction of sp³-hybridized carbons (Fsp3) is 0.265. The van der Waals surface area contributed by atoms with Crippen LogP contribution in [0.15, 0.2) is 94.7 Å². The fourth-order valence-corrected chi connectivity index (χ4v) is 7.09. The molecule has 1 atom stereocenters. The highest BCUT2D eigenvalue weighted by Crippen LogP contribution is 2.48. The van der Waals surface area contributed by atoms with E-state index in [0.717, 1.165) is 51.1 Å². The molecule has 0 spiro atoms. The largest absolute Gasteiger partial charge is 0.527 e. The van der Waals surface area contributed by atoms with Crippen molar-refractivity contribution in [2.45, 2.75) is 37.5 Å². The molecule has 0 bridgehead atoms. The van der Waals surface area contributed by atoms with Gasteiger partial charge in [0.2, 0.25) is 5.91 Å². The number of carbonyl (C=O) groups is 3. The predicted octanol–water partition coefficient (Wildman–Crippen LogP) is 6.44. The molecule has 0 saturated carbocycles. The zero-order valence-electron chi connectivity index (χ0n) is 25.7. The van der Waals surface area contributed by atoms with Crippen molar-refractivity contribution < 1.29 is 32.9 Å². The molecule has 1 unspecified atom stereocenters. The molecule has 3 aromatic carbocycles. The molecule has 2 aliphatic rings. The van der Waals surface area contributed by atoms with Crippen molar-refractivity contribution in [2.75, 3.05) is 31.6 Å². The lowest BCUT2D eigenvalue weighted by Crippen LogP contribution is -2.40. The van der Waals surface area contributed by atoms with Crippen LogP contribution in [-0.4, -0.2) is 54.3 Å². The zero-order chi connectivity index (χ0) is 32.7. The van der Waals surface area contributed by atoms with Gasteiger partial charge in [-0.3, -0.25) is 28.7 Å². The topological polar surface area (TPSA) is 125 Å². The smallest absolute Gasteiger partial charge is 0.404 e. The minimum Gasteiger partial charge on any atom is -0.404 e. The van der Waals surface area contributed by atoms with E-state index in [1.807, 2.05) is 36.4 Å². The third-order valence-electron chi connectivity index (χ3n) is 7.59. The number of benzene rings is 3. The van der Waals surface area contributed by atoms with E-state index in [-0.39, 0.29) is 18.9 Å². The van der Waals surface area contributed by atoms with Crippen LogP contribution in [0.4, 0.5) is 11.4 Å². The number of allylic oxidation sites excluding steroid dienone is 1. The molecule has 2 heterocycles. The van der Waals surface area contributed by atoms with Crippen LogP contribution >= 0.6 is 19.6 Å². The predicted molar refractivity (Wildman–Crippen MR) is 179 cm³/mol. The first kappa shape index (κ1) is 33.2. The van der Waals surface area contributed by atoms with Crippen molar-refractivity contribution in [3.05, 3.63) is 101 Å². The van der Waals surface area contributed by atoms with Crippen LogP contribution in [0, 0.1) is 0 Å². The number of unbranched alkanes of at least 4 members (excludes halogenated alkanes) is 3. The molecule has 10 nitrogen and oxygen atoms in total. The first-order valence-corrected chi connectivity index (χ1v) is 17.3. The number of imide groups is 1. The summed E-state index contributed by atoms with van der Waals surface area (Å²) in [5, 5.41) is 2.68. The van der Waals surface area contributed by atoms with E-state index >= 15 is 0 Å². The quantitative estimate of drug-likeness (QED) is 0.0870. The van der Waals surface area contributed by atoms with Gasteiger partial charge >= 0.3 is 7.82 Å². The second-order valence-corrected chi connectivity index (χ2v) is 13.5. The Morgan fingerprint density at radius 2 is 1.46 bits per heavy atom. The Morgan fingerprint density at radius 3 is 2.09 bits per heavy atom.